The third-order valence-corrected chi connectivity index (χ3v) is 6.97. The molecule has 0 bridgehead atoms. The molecule has 2 aliphatic heterocycles. The van der Waals surface area contributed by atoms with Crippen LogP contribution < -0.4 is 0 Å². The number of rotatable bonds is 3. The summed E-state index contributed by atoms with van der Waals surface area (Å²) in [4.78, 5) is 18.1. The van der Waals surface area contributed by atoms with E-state index in [0.29, 0.717) is 6.04 Å². The van der Waals surface area contributed by atoms with Gasteiger partial charge in [0.2, 0.25) is 0 Å². The standard InChI is InChI=1S/C24H34N4O/c1-17-9-8-10-22(18(17)2)28-20(4)23(19(3)25-28)24(29)27-15-11-21(12-16-27)26-13-6-5-7-14-26/h8-10,21H,5-7,11-16H2,1-4H3. The second-order valence-electron chi connectivity index (χ2n) is 8.80. The molecule has 29 heavy (non-hydrogen) atoms. The number of aromatic nitrogens is 2. The summed E-state index contributed by atoms with van der Waals surface area (Å²) in [6.45, 7) is 12.4. The minimum atomic E-state index is 0.147. The van der Waals surface area contributed by atoms with Crippen molar-refractivity contribution < 1.29 is 4.79 Å². The number of aryl methyl sites for hydroxylation is 2. The molecule has 2 aromatic rings. The normalized spacial score (nSPS) is 19.0. The van der Waals surface area contributed by atoms with E-state index in [4.69, 9.17) is 5.10 Å². The van der Waals surface area contributed by atoms with Gasteiger partial charge in [0.25, 0.3) is 5.91 Å². The highest BCUT2D eigenvalue weighted by molar-refractivity contribution is 5.96. The van der Waals surface area contributed by atoms with Crippen LogP contribution in [0.5, 0.6) is 0 Å². The highest BCUT2D eigenvalue weighted by Gasteiger charge is 2.30. The van der Waals surface area contributed by atoms with Gasteiger partial charge in [0.05, 0.1) is 22.6 Å². The quantitative estimate of drug-likeness (QED) is 0.784. The maximum Gasteiger partial charge on any atom is 0.257 e. The Kier molecular flexibility index (Phi) is 5.77. The van der Waals surface area contributed by atoms with Gasteiger partial charge in [-0.2, -0.15) is 5.10 Å². The van der Waals surface area contributed by atoms with E-state index in [1.54, 1.807) is 0 Å². The molecule has 0 spiro atoms. The SMILES string of the molecule is Cc1cccc(-n2nc(C)c(C(=O)N3CCC(N4CCCCC4)CC3)c2C)c1C. The second kappa shape index (κ2) is 8.31. The third-order valence-electron chi connectivity index (χ3n) is 6.97. The van der Waals surface area contributed by atoms with E-state index in [0.717, 1.165) is 48.6 Å². The smallest absolute Gasteiger partial charge is 0.257 e. The predicted molar refractivity (Wildman–Crippen MR) is 117 cm³/mol. The molecule has 1 aromatic carbocycles. The van der Waals surface area contributed by atoms with Crippen LogP contribution in [0.3, 0.4) is 0 Å². The molecule has 0 saturated carbocycles. The lowest BCUT2D eigenvalue weighted by Gasteiger charge is -2.40. The first-order valence-electron chi connectivity index (χ1n) is 11.1. The maximum absolute atomic E-state index is 13.4. The van der Waals surface area contributed by atoms with Gasteiger partial charge in [-0.15, -0.1) is 0 Å². The fraction of sp³-hybridized carbons (Fsp3) is 0.583. The van der Waals surface area contributed by atoms with E-state index in [9.17, 15) is 4.79 Å². The number of nitrogens with zero attached hydrogens (tertiary/aromatic N) is 4. The maximum atomic E-state index is 13.4. The minimum absolute atomic E-state index is 0.147. The van der Waals surface area contributed by atoms with Gasteiger partial charge < -0.3 is 9.80 Å². The Morgan fingerprint density at radius 2 is 1.66 bits per heavy atom. The average molecular weight is 395 g/mol. The van der Waals surface area contributed by atoms with Gasteiger partial charge in [-0.05, 0) is 83.7 Å². The molecule has 2 aliphatic rings. The Morgan fingerprint density at radius 3 is 2.34 bits per heavy atom. The number of carbonyl (C=O) groups excluding carboxylic acids is 1. The molecule has 3 heterocycles. The van der Waals surface area contributed by atoms with Crippen LogP contribution in [0.25, 0.3) is 5.69 Å². The Morgan fingerprint density at radius 1 is 0.966 bits per heavy atom. The Hall–Kier alpha value is -2.14. The molecule has 0 aliphatic carbocycles. The molecule has 5 heteroatoms. The molecular formula is C24H34N4O. The summed E-state index contributed by atoms with van der Waals surface area (Å²) >= 11 is 0. The largest absolute Gasteiger partial charge is 0.338 e. The van der Waals surface area contributed by atoms with E-state index in [1.165, 1.54) is 43.5 Å². The third kappa shape index (κ3) is 3.85. The molecule has 0 radical (unpaired) electrons. The first-order chi connectivity index (χ1) is 14.0. The number of hydrogen-bond donors (Lipinski definition) is 0. The topological polar surface area (TPSA) is 41.4 Å². The number of likely N-dealkylation sites (tertiary alicyclic amines) is 2. The van der Waals surface area contributed by atoms with Crippen LogP contribution in [-0.2, 0) is 0 Å². The molecule has 2 saturated heterocycles. The number of piperidine rings is 2. The van der Waals surface area contributed by atoms with Gasteiger partial charge in [0, 0.05) is 19.1 Å². The predicted octanol–water partition coefficient (Wildman–Crippen LogP) is 4.20. The molecule has 0 unspecified atom stereocenters. The number of carbonyl (C=O) groups is 1. The molecule has 5 nitrogen and oxygen atoms in total. The lowest BCUT2D eigenvalue weighted by atomic mass is 9.99. The van der Waals surface area contributed by atoms with E-state index in [2.05, 4.69) is 36.9 Å². The second-order valence-corrected chi connectivity index (χ2v) is 8.80. The zero-order chi connectivity index (χ0) is 20.5. The minimum Gasteiger partial charge on any atom is -0.338 e. The average Bonchev–Trinajstić information content (AvgIpc) is 3.04. The van der Waals surface area contributed by atoms with Crippen molar-refractivity contribution in [3.63, 3.8) is 0 Å². The number of amides is 1. The fourth-order valence-corrected chi connectivity index (χ4v) is 5.03. The summed E-state index contributed by atoms with van der Waals surface area (Å²) in [5.41, 5.74) is 6.06. The van der Waals surface area contributed by atoms with E-state index in [-0.39, 0.29) is 5.91 Å². The van der Waals surface area contributed by atoms with Crippen LogP contribution in [-0.4, -0.2) is 57.7 Å². The lowest BCUT2D eigenvalue weighted by Crippen LogP contribution is -2.48. The summed E-state index contributed by atoms with van der Waals surface area (Å²) < 4.78 is 1.95. The van der Waals surface area contributed by atoms with Crippen LogP contribution >= 0.6 is 0 Å². The van der Waals surface area contributed by atoms with Crippen molar-refractivity contribution >= 4 is 5.91 Å². The molecule has 156 valence electrons. The first kappa shape index (κ1) is 20.1. The molecule has 1 aromatic heterocycles. The van der Waals surface area contributed by atoms with Crippen LogP contribution in [0.4, 0.5) is 0 Å². The number of benzene rings is 1. The van der Waals surface area contributed by atoms with E-state index < -0.39 is 0 Å². The van der Waals surface area contributed by atoms with Gasteiger partial charge >= 0.3 is 0 Å². The van der Waals surface area contributed by atoms with Crippen molar-refractivity contribution in [2.75, 3.05) is 26.2 Å². The van der Waals surface area contributed by atoms with Gasteiger partial charge in [0.1, 0.15) is 0 Å². The van der Waals surface area contributed by atoms with Gasteiger partial charge in [-0.3, -0.25) is 4.79 Å². The Labute approximate surface area is 174 Å². The molecular weight excluding hydrogens is 360 g/mol. The molecule has 1 amide bonds. The summed E-state index contributed by atoms with van der Waals surface area (Å²) in [5.74, 6) is 0.147. The van der Waals surface area contributed by atoms with Crippen LogP contribution in [0, 0.1) is 27.7 Å². The number of hydrogen-bond acceptors (Lipinski definition) is 3. The van der Waals surface area contributed by atoms with E-state index in [1.807, 2.05) is 23.4 Å². The summed E-state index contributed by atoms with van der Waals surface area (Å²) in [5, 5.41) is 4.75. The fourth-order valence-electron chi connectivity index (χ4n) is 5.03. The molecule has 4 rings (SSSR count). The highest BCUT2D eigenvalue weighted by Crippen LogP contribution is 2.26. The lowest BCUT2D eigenvalue weighted by molar-refractivity contribution is 0.0588. The van der Waals surface area contributed by atoms with Gasteiger partial charge in [0.15, 0.2) is 0 Å². The first-order valence-corrected chi connectivity index (χ1v) is 11.1. The van der Waals surface area contributed by atoms with Crippen molar-refractivity contribution in [2.45, 2.75) is 65.8 Å². The summed E-state index contributed by atoms with van der Waals surface area (Å²) in [6.07, 6.45) is 6.21. The van der Waals surface area contributed by atoms with Gasteiger partial charge in [-0.1, -0.05) is 18.6 Å². The Bertz CT molecular complexity index is 887. The van der Waals surface area contributed by atoms with Crippen molar-refractivity contribution in [2.24, 2.45) is 0 Å². The van der Waals surface area contributed by atoms with Crippen LogP contribution in [0.15, 0.2) is 18.2 Å². The summed E-state index contributed by atoms with van der Waals surface area (Å²) in [7, 11) is 0. The van der Waals surface area contributed by atoms with E-state index >= 15 is 0 Å². The van der Waals surface area contributed by atoms with Crippen molar-refractivity contribution in [3.05, 3.63) is 46.3 Å². The van der Waals surface area contributed by atoms with Crippen molar-refractivity contribution in [1.82, 2.24) is 19.6 Å². The highest BCUT2D eigenvalue weighted by atomic mass is 16.2. The van der Waals surface area contributed by atoms with Crippen LogP contribution in [0.1, 0.15) is 65.0 Å². The van der Waals surface area contributed by atoms with Crippen molar-refractivity contribution in [3.8, 4) is 5.69 Å². The zero-order valence-corrected chi connectivity index (χ0v) is 18.4. The zero-order valence-electron chi connectivity index (χ0n) is 18.4. The van der Waals surface area contributed by atoms with Gasteiger partial charge in [-0.25, -0.2) is 4.68 Å². The van der Waals surface area contributed by atoms with Crippen molar-refractivity contribution in [1.29, 1.82) is 0 Å². The molecule has 0 atom stereocenters. The molecule has 0 N–H and O–H groups in total. The van der Waals surface area contributed by atoms with Crippen LogP contribution in [0.2, 0.25) is 0 Å². The Balaban J connectivity index is 1.51. The monoisotopic (exact) mass is 394 g/mol. The summed E-state index contributed by atoms with van der Waals surface area (Å²) in [6, 6.07) is 6.91. The molecule has 2 fully saturated rings.